The molecule has 1 aromatic rings. The van der Waals surface area contributed by atoms with Crippen LogP contribution >= 0.6 is 0 Å². The summed E-state index contributed by atoms with van der Waals surface area (Å²) in [6, 6.07) is 9.05. The summed E-state index contributed by atoms with van der Waals surface area (Å²) < 4.78 is 26.4. The average Bonchev–Trinajstić information content (AvgIpc) is 2.53. The van der Waals surface area contributed by atoms with Gasteiger partial charge in [-0.15, -0.1) is 0 Å². The number of benzene rings is 1. The Kier molecular flexibility index (Phi) is 6.01. The number of sulfonamides is 1. The topological polar surface area (TPSA) is 69.7 Å². The summed E-state index contributed by atoms with van der Waals surface area (Å²) in [5, 5.41) is 2.86. The Hall–Kier alpha value is -1.60. The Morgan fingerprint density at radius 1 is 1.13 bits per heavy atom. The van der Waals surface area contributed by atoms with Gasteiger partial charge in [0.1, 0.15) is 0 Å². The van der Waals surface area contributed by atoms with Crippen LogP contribution in [0.1, 0.15) is 19.4 Å². The zero-order chi connectivity index (χ0) is 16.9. The normalized spacial score (nSPS) is 16.6. The third-order valence-corrected chi connectivity index (χ3v) is 5.62. The van der Waals surface area contributed by atoms with E-state index >= 15 is 0 Å². The molecule has 2 amide bonds. The number of amides is 2. The first kappa shape index (κ1) is 17.7. The maximum absolute atomic E-state index is 12.5. The Morgan fingerprint density at radius 3 is 2.30 bits per heavy atom. The van der Waals surface area contributed by atoms with Crippen molar-refractivity contribution >= 4 is 16.1 Å². The van der Waals surface area contributed by atoms with Crippen LogP contribution in [0.15, 0.2) is 30.3 Å². The SMILES string of the molecule is CC(C)CNC(=O)N1CCN(S(=O)(=O)Cc2ccccc2)CC1. The van der Waals surface area contributed by atoms with Crippen molar-refractivity contribution in [1.82, 2.24) is 14.5 Å². The first-order chi connectivity index (χ1) is 10.9. The largest absolute Gasteiger partial charge is 0.338 e. The van der Waals surface area contributed by atoms with Gasteiger partial charge < -0.3 is 10.2 Å². The van der Waals surface area contributed by atoms with Gasteiger partial charge in [-0.2, -0.15) is 4.31 Å². The van der Waals surface area contributed by atoms with Crippen molar-refractivity contribution in [2.45, 2.75) is 19.6 Å². The molecule has 6 nitrogen and oxygen atoms in total. The summed E-state index contributed by atoms with van der Waals surface area (Å²) in [5.74, 6) is 0.402. The molecule has 0 saturated carbocycles. The molecule has 1 heterocycles. The lowest BCUT2D eigenvalue weighted by Gasteiger charge is -2.34. The van der Waals surface area contributed by atoms with E-state index in [0.29, 0.717) is 38.6 Å². The van der Waals surface area contributed by atoms with E-state index in [1.165, 1.54) is 4.31 Å². The number of piperazine rings is 1. The summed E-state index contributed by atoms with van der Waals surface area (Å²) in [6.45, 7) is 6.26. The van der Waals surface area contributed by atoms with Crippen LogP contribution < -0.4 is 5.32 Å². The van der Waals surface area contributed by atoms with Gasteiger partial charge in [0.05, 0.1) is 5.75 Å². The highest BCUT2D eigenvalue weighted by molar-refractivity contribution is 7.88. The second-order valence-corrected chi connectivity index (χ2v) is 8.18. The van der Waals surface area contributed by atoms with Crippen LogP contribution in [0.5, 0.6) is 0 Å². The van der Waals surface area contributed by atoms with Gasteiger partial charge in [0.2, 0.25) is 10.0 Å². The Bertz CT molecular complexity index is 609. The molecule has 0 bridgehead atoms. The van der Waals surface area contributed by atoms with Crippen molar-refractivity contribution in [3.8, 4) is 0 Å². The minimum absolute atomic E-state index is 0.00733. The van der Waals surface area contributed by atoms with Crippen LogP contribution in [0.4, 0.5) is 4.79 Å². The smallest absolute Gasteiger partial charge is 0.317 e. The summed E-state index contributed by atoms with van der Waals surface area (Å²) in [6.07, 6.45) is 0. The number of hydrogen-bond donors (Lipinski definition) is 1. The number of nitrogens with zero attached hydrogens (tertiary/aromatic N) is 2. The number of urea groups is 1. The van der Waals surface area contributed by atoms with Crippen LogP contribution in [-0.2, 0) is 15.8 Å². The molecule has 0 atom stereocenters. The summed E-state index contributed by atoms with van der Waals surface area (Å²) in [7, 11) is -3.34. The number of rotatable bonds is 5. The Labute approximate surface area is 138 Å². The highest BCUT2D eigenvalue weighted by atomic mass is 32.2. The van der Waals surface area contributed by atoms with Crippen molar-refractivity contribution in [1.29, 1.82) is 0 Å². The summed E-state index contributed by atoms with van der Waals surface area (Å²) in [5.41, 5.74) is 0.782. The molecule has 0 spiro atoms. The van der Waals surface area contributed by atoms with Gasteiger partial charge in [0.15, 0.2) is 0 Å². The highest BCUT2D eigenvalue weighted by Crippen LogP contribution is 2.13. The van der Waals surface area contributed by atoms with Crippen LogP contribution in [0.25, 0.3) is 0 Å². The third-order valence-electron chi connectivity index (χ3n) is 3.77. The predicted molar refractivity (Wildman–Crippen MR) is 90.4 cm³/mol. The van der Waals surface area contributed by atoms with E-state index in [1.807, 2.05) is 44.2 Å². The summed E-state index contributed by atoms with van der Waals surface area (Å²) >= 11 is 0. The molecule has 1 saturated heterocycles. The number of nitrogens with one attached hydrogen (secondary N) is 1. The molecule has 128 valence electrons. The van der Waals surface area contributed by atoms with E-state index < -0.39 is 10.0 Å². The fourth-order valence-electron chi connectivity index (χ4n) is 2.45. The first-order valence-corrected chi connectivity index (χ1v) is 9.54. The lowest BCUT2D eigenvalue weighted by atomic mass is 10.2. The monoisotopic (exact) mass is 339 g/mol. The van der Waals surface area contributed by atoms with E-state index in [1.54, 1.807) is 4.90 Å². The molecule has 2 rings (SSSR count). The van der Waals surface area contributed by atoms with E-state index in [0.717, 1.165) is 5.56 Å². The second-order valence-electron chi connectivity index (χ2n) is 6.21. The van der Waals surface area contributed by atoms with Gasteiger partial charge in [0, 0.05) is 32.7 Å². The number of carbonyl (C=O) groups excluding carboxylic acids is 1. The van der Waals surface area contributed by atoms with Crippen molar-refractivity contribution < 1.29 is 13.2 Å². The van der Waals surface area contributed by atoms with E-state index in [9.17, 15) is 13.2 Å². The molecule has 1 fully saturated rings. The fraction of sp³-hybridized carbons (Fsp3) is 0.562. The van der Waals surface area contributed by atoms with Gasteiger partial charge in [-0.25, -0.2) is 13.2 Å². The molecule has 1 aromatic carbocycles. The van der Waals surface area contributed by atoms with E-state index in [4.69, 9.17) is 0 Å². The van der Waals surface area contributed by atoms with Gasteiger partial charge >= 0.3 is 6.03 Å². The fourth-order valence-corrected chi connectivity index (χ4v) is 3.96. The minimum atomic E-state index is -3.34. The molecule has 0 unspecified atom stereocenters. The lowest BCUT2D eigenvalue weighted by molar-refractivity contribution is 0.171. The van der Waals surface area contributed by atoms with Gasteiger partial charge in [-0.3, -0.25) is 0 Å². The molecule has 1 aliphatic heterocycles. The highest BCUT2D eigenvalue weighted by Gasteiger charge is 2.28. The van der Waals surface area contributed by atoms with Crippen molar-refractivity contribution in [2.24, 2.45) is 5.92 Å². The number of carbonyl (C=O) groups is 1. The average molecular weight is 339 g/mol. The molecule has 7 heteroatoms. The van der Waals surface area contributed by atoms with Gasteiger partial charge in [-0.05, 0) is 11.5 Å². The maximum Gasteiger partial charge on any atom is 0.317 e. The van der Waals surface area contributed by atoms with Crippen LogP contribution in [0.2, 0.25) is 0 Å². The first-order valence-electron chi connectivity index (χ1n) is 7.93. The third kappa shape index (κ3) is 5.21. The van der Waals surface area contributed by atoms with Gasteiger partial charge in [0.25, 0.3) is 0 Å². The van der Waals surface area contributed by atoms with Crippen molar-refractivity contribution in [3.63, 3.8) is 0 Å². The Morgan fingerprint density at radius 2 is 1.74 bits per heavy atom. The molecule has 1 aliphatic rings. The van der Waals surface area contributed by atoms with Crippen LogP contribution in [-0.4, -0.2) is 56.4 Å². The quantitative estimate of drug-likeness (QED) is 0.884. The molecule has 0 radical (unpaired) electrons. The minimum Gasteiger partial charge on any atom is -0.338 e. The number of hydrogen-bond acceptors (Lipinski definition) is 3. The molecule has 1 N–H and O–H groups in total. The molecule has 0 aliphatic carbocycles. The zero-order valence-electron chi connectivity index (χ0n) is 13.7. The zero-order valence-corrected chi connectivity index (χ0v) is 14.6. The maximum atomic E-state index is 12.5. The van der Waals surface area contributed by atoms with Gasteiger partial charge in [-0.1, -0.05) is 44.2 Å². The predicted octanol–water partition coefficient (Wildman–Crippen LogP) is 1.50. The van der Waals surface area contributed by atoms with Crippen molar-refractivity contribution in [3.05, 3.63) is 35.9 Å². The molecular formula is C16H25N3O3S. The molecular weight excluding hydrogens is 314 g/mol. The molecule has 0 aromatic heterocycles. The lowest BCUT2D eigenvalue weighted by Crippen LogP contribution is -2.53. The standard InChI is InChI=1S/C16H25N3O3S/c1-14(2)12-17-16(20)18-8-10-19(11-9-18)23(21,22)13-15-6-4-3-5-7-15/h3-7,14H,8-13H2,1-2H3,(H,17,20). The van der Waals surface area contributed by atoms with Crippen LogP contribution in [0, 0.1) is 5.92 Å². The Balaban J connectivity index is 1.87. The molecule has 23 heavy (non-hydrogen) atoms. The summed E-state index contributed by atoms with van der Waals surface area (Å²) in [4.78, 5) is 13.7. The van der Waals surface area contributed by atoms with Crippen molar-refractivity contribution in [2.75, 3.05) is 32.7 Å². The van der Waals surface area contributed by atoms with E-state index in [2.05, 4.69) is 5.32 Å². The van der Waals surface area contributed by atoms with E-state index in [-0.39, 0.29) is 11.8 Å². The second kappa shape index (κ2) is 7.79. The van der Waals surface area contributed by atoms with Crippen LogP contribution in [0.3, 0.4) is 0 Å².